The third-order valence-corrected chi connectivity index (χ3v) is 6.81. The largest absolute Gasteiger partial charge is 0.481 e. The molecule has 0 saturated carbocycles. The number of carbonyl (C=O) groups is 1. The van der Waals surface area contributed by atoms with E-state index in [0.717, 1.165) is 11.3 Å². The van der Waals surface area contributed by atoms with Crippen LogP contribution in [0.2, 0.25) is 0 Å². The van der Waals surface area contributed by atoms with Crippen molar-refractivity contribution in [2.45, 2.75) is 24.3 Å². The molecule has 0 unspecified atom stereocenters. The van der Waals surface area contributed by atoms with Crippen LogP contribution >= 0.6 is 0 Å². The Labute approximate surface area is 176 Å². The summed E-state index contributed by atoms with van der Waals surface area (Å²) in [6.45, 7) is 2.08. The molecule has 1 heterocycles. The molecule has 154 valence electrons. The number of sulfonamides is 1. The smallest absolute Gasteiger partial charge is 0.265 e. The Morgan fingerprint density at radius 1 is 0.967 bits per heavy atom. The number of nitrogens with zero attached hydrogens (tertiary/aromatic N) is 1. The number of fused-ring (bicyclic) bond motifs is 1. The summed E-state index contributed by atoms with van der Waals surface area (Å²) >= 11 is 0. The fraction of sp³-hybridized carbons (Fsp3) is 0.174. The van der Waals surface area contributed by atoms with Gasteiger partial charge in [-0.1, -0.05) is 36.4 Å². The van der Waals surface area contributed by atoms with E-state index in [1.165, 1.54) is 16.4 Å². The van der Waals surface area contributed by atoms with Gasteiger partial charge in [0.2, 0.25) is 0 Å². The zero-order valence-corrected chi connectivity index (χ0v) is 17.3. The van der Waals surface area contributed by atoms with E-state index in [4.69, 9.17) is 4.74 Å². The molecular weight excluding hydrogens is 400 g/mol. The molecule has 0 saturated heterocycles. The van der Waals surface area contributed by atoms with Crippen LogP contribution in [0.15, 0.2) is 83.8 Å². The first-order chi connectivity index (χ1) is 14.4. The van der Waals surface area contributed by atoms with Gasteiger partial charge in [-0.2, -0.15) is 0 Å². The van der Waals surface area contributed by atoms with E-state index in [0.29, 0.717) is 24.4 Å². The molecule has 30 heavy (non-hydrogen) atoms. The molecule has 3 aromatic rings. The molecule has 0 aliphatic carbocycles. The minimum absolute atomic E-state index is 0.186. The summed E-state index contributed by atoms with van der Waals surface area (Å²) in [4.78, 5) is 12.6. The standard InChI is InChI=1S/C23H22N2O4S/c1-17(29-20-8-3-2-4-9-20)23(26)24-19-11-13-21(14-12-19)30(27,28)25-16-15-18-7-5-6-10-22(18)25/h2-14,17H,15-16H2,1H3,(H,24,26)/t17-/m1/s1. The summed E-state index contributed by atoms with van der Waals surface area (Å²) in [7, 11) is -3.66. The number of hydrogen-bond acceptors (Lipinski definition) is 4. The Bertz CT molecular complexity index is 1150. The lowest BCUT2D eigenvalue weighted by atomic mass is 10.2. The minimum atomic E-state index is -3.66. The first kappa shape index (κ1) is 20.0. The van der Waals surface area contributed by atoms with E-state index >= 15 is 0 Å². The van der Waals surface area contributed by atoms with Crippen molar-refractivity contribution < 1.29 is 17.9 Å². The number of para-hydroxylation sites is 2. The Hall–Kier alpha value is -3.32. The van der Waals surface area contributed by atoms with Crippen LogP contribution < -0.4 is 14.4 Å². The molecule has 0 fully saturated rings. The van der Waals surface area contributed by atoms with Gasteiger partial charge in [-0.3, -0.25) is 9.10 Å². The quantitative estimate of drug-likeness (QED) is 0.655. The van der Waals surface area contributed by atoms with Gasteiger partial charge in [0.1, 0.15) is 5.75 Å². The van der Waals surface area contributed by atoms with Gasteiger partial charge in [-0.05, 0) is 61.4 Å². The molecule has 1 N–H and O–H groups in total. The highest BCUT2D eigenvalue weighted by Gasteiger charge is 2.30. The predicted octanol–water partition coefficient (Wildman–Crippen LogP) is 3.84. The Kier molecular flexibility index (Phi) is 5.46. The van der Waals surface area contributed by atoms with Gasteiger partial charge >= 0.3 is 0 Å². The monoisotopic (exact) mass is 422 g/mol. The maximum absolute atomic E-state index is 13.1. The fourth-order valence-electron chi connectivity index (χ4n) is 3.40. The van der Waals surface area contributed by atoms with Crippen LogP contribution in [0.4, 0.5) is 11.4 Å². The normalized spacial score (nSPS) is 14.1. The molecule has 7 heteroatoms. The SMILES string of the molecule is C[C@@H](Oc1ccccc1)C(=O)Nc1ccc(S(=O)(=O)N2CCc3ccccc32)cc1. The second-order valence-corrected chi connectivity index (χ2v) is 8.90. The number of benzene rings is 3. The molecular formula is C23H22N2O4S. The topological polar surface area (TPSA) is 75.7 Å². The number of ether oxygens (including phenoxy) is 1. The third-order valence-electron chi connectivity index (χ3n) is 4.98. The van der Waals surface area contributed by atoms with E-state index in [1.54, 1.807) is 31.2 Å². The number of carbonyl (C=O) groups excluding carboxylic acids is 1. The van der Waals surface area contributed by atoms with Gasteiger partial charge in [0.25, 0.3) is 15.9 Å². The summed E-state index contributed by atoms with van der Waals surface area (Å²) in [6.07, 6.45) is -0.0000360. The second kappa shape index (κ2) is 8.20. The molecule has 1 aliphatic rings. The first-order valence-electron chi connectivity index (χ1n) is 9.68. The van der Waals surface area contributed by atoms with E-state index < -0.39 is 16.1 Å². The predicted molar refractivity (Wildman–Crippen MR) is 116 cm³/mol. The molecule has 1 aliphatic heterocycles. The molecule has 6 nitrogen and oxygen atoms in total. The Balaban J connectivity index is 1.44. The third kappa shape index (κ3) is 4.02. The van der Waals surface area contributed by atoms with Crippen LogP contribution in [-0.2, 0) is 21.2 Å². The molecule has 4 rings (SSSR count). The van der Waals surface area contributed by atoms with E-state index in [-0.39, 0.29) is 10.8 Å². The summed E-state index contributed by atoms with van der Waals surface area (Å²) < 4.78 is 33.2. The van der Waals surface area contributed by atoms with Crippen molar-refractivity contribution in [1.82, 2.24) is 0 Å². The van der Waals surface area contributed by atoms with Crippen molar-refractivity contribution >= 4 is 27.3 Å². The van der Waals surface area contributed by atoms with Crippen molar-refractivity contribution in [2.75, 3.05) is 16.2 Å². The number of nitrogens with one attached hydrogen (secondary N) is 1. The number of rotatable bonds is 6. The molecule has 1 atom stereocenters. The van der Waals surface area contributed by atoms with Crippen LogP contribution in [0.1, 0.15) is 12.5 Å². The van der Waals surface area contributed by atoms with E-state index in [9.17, 15) is 13.2 Å². The van der Waals surface area contributed by atoms with E-state index in [1.807, 2.05) is 42.5 Å². The van der Waals surface area contributed by atoms with Crippen LogP contribution in [-0.4, -0.2) is 27.0 Å². The summed E-state index contributed by atoms with van der Waals surface area (Å²) in [5.74, 6) is 0.287. The number of hydrogen-bond donors (Lipinski definition) is 1. The second-order valence-electron chi connectivity index (χ2n) is 7.04. The number of anilines is 2. The van der Waals surface area contributed by atoms with Crippen molar-refractivity contribution in [3.8, 4) is 5.75 Å². The highest BCUT2D eigenvalue weighted by molar-refractivity contribution is 7.92. The maximum Gasteiger partial charge on any atom is 0.265 e. The highest BCUT2D eigenvalue weighted by Crippen LogP contribution is 2.32. The lowest BCUT2D eigenvalue weighted by Gasteiger charge is -2.20. The van der Waals surface area contributed by atoms with Crippen molar-refractivity contribution in [3.05, 3.63) is 84.4 Å². The van der Waals surface area contributed by atoms with Crippen LogP contribution in [0.3, 0.4) is 0 Å². The minimum Gasteiger partial charge on any atom is -0.481 e. The van der Waals surface area contributed by atoms with Crippen molar-refractivity contribution in [2.24, 2.45) is 0 Å². The molecule has 3 aromatic carbocycles. The molecule has 0 aromatic heterocycles. The van der Waals surface area contributed by atoms with Crippen LogP contribution in [0, 0.1) is 0 Å². The van der Waals surface area contributed by atoms with Crippen LogP contribution in [0.25, 0.3) is 0 Å². The van der Waals surface area contributed by atoms with Gasteiger partial charge in [-0.15, -0.1) is 0 Å². The summed E-state index contributed by atoms with van der Waals surface area (Å²) in [5, 5.41) is 2.75. The molecule has 0 bridgehead atoms. The zero-order chi connectivity index (χ0) is 21.1. The van der Waals surface area contributed by atoms with Gasteiger partial charge in [0.05, 0.1) is 10.6 Å². The first-order valence-corrected chi connectivity index (χ1v) is 11.1. The maximum atomic E-state index is 13.1. The molecule has 0 spiro atoms. The summed E-state index contributed by atoms with van der Waals surface area (Å²) in [5.41, 5.74) is 2.25. The highest BCUT2D eigenvalue weighted by atomic mass is 32.2. The Morgan fingerprint density at radius 3 is 2.37 bits per heavy atom. The number of amides is 1. The molecule has 0 radical (unpaired) electrons. The zero-order valence-electron chi connectivity index (χ0n) is 16.5. The van der Waals surface area contributed by atoms with Gasteiger partial charge in [0.15, 0.2) is 6.10 Å². The average Bonchev–Trinajstić information content (AvgIpc) is 3.20. The van der Waals surface area contributed by atoms with Gasteiger partial charge in [-0.25, -0.2) is 8.42 Å². The fourth-order valence-corrected chi connectivity index (χ4v) is 4.90. The molecule has 1 amide bonds. The lowest BCUT2D eigenvalue weighted by molar-refractivity contribution is -0.122. The van der Waals surface area contributed by atoms with Crippen molar-refractivity contribution in [3.63, 3.8) is 0 Å². The van der Waals surface area contributed by atoms with E-state index in [2.05, 4.69) is 5.32 Å². The van der Waals surface area contributed by atoms with Crippen LogP contribution in [0.5, 0.6) is 5.75 Å². The lowest BCUT2D eigenvalue weighted by Crippen LogP contribution is -2.30. The average molecular weight is 423 g/mol. The van der Waals surface area contributed by atoms with Gasteiger partial charge < -0.3 is 10.1 Å². The Morgan fingerprint density at radius 2 is 1.63 bits per heavy atom. The van der Waals surface area contributed by atoms with Crippen molar-refractivity contribution in [1.29, 1.82) is 0 Å². The summed E-state index contributed by atoms with van der Waals surface area (Å²) in [6, 6.07) is 22.8. The van der Waals surface area contributed by atoms with Gasteiger partial charge in [0, 0.05) is 12.2 Å².